The minimum atomic E-state index is 0. The molecule has 3 rings (SSSR count). The largest absolute Gasteiger partial charge is 0.490 e. The zero-order valence-corrected chi connectivity index (χ0v) is 17.5. The fourth-order valence-corrected chi connectivity index (χ4v) is 2.93. The maximum Gasteiger partial charge on any atom is 0.221 e. The molecular formula is C20H27Cl2N3O3. The molecule has 2 aromatic rings. The van der Waals surface area contributed by atoms with Crippen molar-refractivity contribution in [2.45, 2.75) is 38.8 Å². The van der Waals surface area contributed by atoms with E-state index in [0.29, 0.717) is 43.0 Å². The van der Waals surface area contributed by atoms with Gasteiger partial charge in [0.05, 0.1) is 6.61 Å². The van der Waals surface area contributed by atoms with Crippen LogP contribution in [0.2, 0.25) is 0 Å². The lowest BCUT2D eigenvalue weighted by Crippen LogP contribution is -2.31. The number of ether oxygens (including phenoxy) is 2. The minimum absolute atomic E-state index is 0. The van der Waals surface area contributed by atoms with E-state index in [2.05, 4.69) is 15.6 Å². The fourth-order valence-electron chi connectivity index (χ4n) is 2.93. The molecule has 1 saturated heterocycles. The van der Waals surface area contributed by atoms with Crippen LogP contribution in [0.15, 0.2) is 42.6 Å². The Morgan fingerprint density at radius 3 is 2.64 bits per heavy atom. The number of hydrogen-bond donors (Lipinski definition) is 2. The quantitative estimate of drug-likeness (QED) is 0.668. The molecule has 0 bridgehead atoms. The summed E-state index contributed by atoms with van der Waals surface area (Å²) < 4.78 is 11.3. The van der Waals surface area contributed by atoms with Gasteiger partial charge in [0.2, 0.25) is 11.8 Å². The van der Waals surface area contributed by atoms with Gasteiger partial charge in [-0.3, -0.25) is 4.79 Å². The summed E-state index contributed by atoms with van der Waals surface area (Å²) in [5.74, 6) is 1.87. The molecule has 1 aromatic heterocycles. The smallest absolute Gasteiger partial charge is 0.221 e. The first-order valence-electron chi connectivity index (χ1n) is 9.09. The third-order valence-electron chi connectivity index (χ3n) is 4.24. The van der Waals surface area contributed by atoms with Crippen molar-refractivity contribution in [2.24, 2.45) is 0 Å². The molecule has 154 valence electrons. The van der Waals surface area contributed by atoms with E-state index in [0.717, 1.165) is 24.9 Å². The van der Waals surface area contributed by atoms with Crippen molar-refractivity contribution < 1.29 is 14.3 Å². The molecule has 0 spiro atoms. The molecule has 8 heteroatoms. The van der Waals surface area contributed by atoms with Gasteiger partial charge in [-0.15, -0.1) is 24.8 Å². The molecule has 6 nitrogen and oxygen atoms in total. The molecule has 2 heterocycles. The SMILES string of the molecule is CCOc1ccccc1Oc1ccc(CNC(=O)CC2CCCN2)cn1.Cl.Cl. The van der Waals surface area contributed by atoms with Crippen LogP contribution in [0.1, 0.15) is 31.7 Å². The lowest BCUT2D eigenvalue weighted by atomic mass is 10.1. The topological polar surface area (TPSA) is 72.5 Å². The van der Waals surface area contributed by atoms with Crippen molar-refractivity contribution in [3.05, 3.63) is 48.2 Å². The van der Waals surface area contributed by atoms with Crippen molar-refractivity contribution in [1.82, 2.24) is 15.6 Å². The Morgan fingerprint density at radius 1 is 1.21 bits per heavy atom. The molecule has 0 aliphatic carbocycles. The van der Waals surface area contributed by atoms with Crippen LogP contribution in [0.3, 0.4) is 0 Å². The number of pyridine rings is 1. The van der Waals surface area contributed by atoms with Gasteiger partial charge < -0.3 is 20.1 Å². The number of hydrogen-bond acceptors (Lipinski definition) is 5. The van der Waals surface area contributed by atoms with Crippen LogP contribution in [0.5, 0.6) is 17.4 Å². The minimum Gasteiger partial charge on any atom is -0.490 e. The van der Waals surface area contributed by atoms with E-state index < -0.39 is 0 Å². The Morgan fingerprint density at radius 2 is 2.00 bits per heavy atom. The van der Waals surface area contributed by atoms with E-state index >= 15 is 0 Å². The Bertz CT molecular complexity index is 723. The van der Waals surface area contributed by atoms with Crippen molar-refractivity contribution >= 4 is 30.7 Å². The summed E-state index contributed by atoms with van der Waals surface area (Å²) in [5.41, 5.74) is 0.933. The molecule has 1 aliphatic rings. The third kappa shape index (κ3) is 7.19. The highest BCUT2D eigenvalue weighted by Gasteiger charge is 2.17. The predicted molar refractivity (Wildman–Crippen MR) is 114 cm³/mol. The number of benzene rings is 1. The summed E-state index contributed by atoms with van der Waals surface area (Å²) in [6.45, 7) is 3.98. The maximum absolute atomic E-state index is 12.0. The van der Waals surface area contributed by atoms with Gasteiger partial charge in [0.1, 0.15) is 0 Å². The van der Waals surface area contributed by atoms with Crippen LogP contribution in [0.25, 0.3) is 0 Å². The van der Waals surface area contributed by atoms with E-state index in [1.54, 1.807) is 12.3 Å². The van der Waals surface area contributed by atoms with Crippen LogP contribution in [0.4, 0.5) is 0 Å². The van der Waals surface area contributed by atoms with Gasteiger partial charge in [-0.2, -0.15) is 0 Å². The number of carbonyl (C=O) groups excluding carboxylic acids is 1. The molecule has 1 fully saturated rings. The molecule has 1 aromatic carbocycles. The Labute approximate surface area is 178 Å². The van der Waals surface area contributed by atoms with E-state index in [1.807, 2.05) is 37.3 Å². The average Bonchev–Trinajstić information content (AvgIpc) is 3.16. The number of nitrogens with zero attached hydrogens (tertiary/aromatic N) is 1. The molecule has 0 radical (unpaired) electrons. The van der Waals surface area contributed by atoms with Crippen LogP contribution >= 0.6 is 24.8 Å². The number of amides is 1. The summed E-state index contributed by atoms with van der Waals surface area (Å²) in [6, 6.07) is 11.5. The summed E-state index contributed by atoms with van der Waals surface area (Å²) >= 11 is 0. The van der Waals surface area contributed by atoms with Gasteiger partial charge in [0.15, 0.2) is 11.5 Å². The van der Waals surface area contributed by atoms with Crippen molar-refractivity contribution in [3.8, 4) is 17.4 Å². The molecule has 0 saturated carbocycles. The van der Waals surface area contributed by atoms with Gasteiger partial charge in [0, 0.05) is 31.3 Å². The second-order valence-electron chi connectivity index (χ2n) is 6.26. The number of nitrogens with one attached hydrogen (secondary N) is 2. The van der Waals surface area contributed by atoms with E-state index in [4.69, 9.17) is 9.47 Å². The molecule has 1 unspecified atom stereocenters. The van der Waals surface area contributed by atoms with E-state index in [1.165, 1.54) is 0 Å². The normalized spacial score (nSPS) is 15.1. The van der Waals surface area contributed by atoms with Gasteiger partial charge in [0.25, 0.3) is 0 Å². The Kier molecular flexibility index (Phi) is 10.7. The number of carbonyl (C=O) groups is 1. The molecule has 1 aliphatic heterocycles. The first-order chi connectivity index (χ1) is 12.7. The lowest BCUT2D eigenvalue weighted by molar-refractivity contribution is -0.121. The Hall–Kier alpha value is -2.02. The maximum atomic E-state index is 12.0. The number of rotatable bonds is 8. The summed E-state index contributed by atoms with van der Waals surface area (Å²) in [4.78, 5) is 16.3. The summed E-state index contributed by atoms with van der Waals surface area (Å²) in [6.07, 6.45) is 4.47. The summed E-state index contributed by atoms with van der Waals surface area (Å²) in [7, 11) is 0. The number of para-hydroxylation sites is 2. The third-order valence-corrected chi connectivity index (χ3v) is 4.24. The second-order valence-corrected chi connectivity index (χ2v) is 6.26. The standard InChI is InChI=1S/C20H25N3O3.2ClH/c1-2-25-17-7-3-4-8-18(17)26-20-10-9-15(14-23-20)13-22-19(24)12-16-6-5-11-21-16;;/h3-4,7-10,14,16,21H,2,5-6,11-13H2,1H3,(H,22,24);2*1H. The Balaban J connectivity index is 0.00000196. The van der Waals surface area contributed by atoms with E-state index in [9.17, 15) is 4.79 Å². The highest BCUT2D eigenvalue weighted by molar-refractivity contribution is 5.85. The van der Waals surface area contributed by atoms with Crippen molar-refractivity contribution in [2.75, 3.05) is 13.2 Å². The van der Waals surface area contributed by atoms with Gasteiger partial charge in [-0.25, -0.2) is 4.98 Å². The zero-order valence-electron chi connectivity index (χ0n) is 15.8. The first kappa shape index (κ1) is 24.0. The molecular weight excluding hydrogens is 401 g/mol. The van der Waals surface area contributed by atoms with Crippen molar-refractivity contribution in [1.29, 1.82) is 0 Å². The highest BCUT2D eigenvalue weighted by Crippen LogP contribution is 2.30. The lowest BCUT2D eigenvalue weighted by Gasteiger charge is -2.12. The van der Waals surface area contributed by atoms with Gasteiger partial charge in [-0.1, -0.05) is 18.2 Å². The van der Waals surface area contributed by atoms with Gasteiger partial charge >= 0.3 is 0 Å². The predicted octanol–water partition coefficient (Wildman–Crippen LogP) is 3.87. The van der Waals surface area contributed by atoms with Crippen LogP contribution in [-0.2, 0) is 11.3 Å². The second kappa shape index (κ2) is 12.4. The average molecular weight is 428 g/mol. The zero-order chi connectivity index (χ0) is 18.2. The first-order valence-corrected chi connectivity index (χ1v) is 9.09. The number of halogens is 2. The molecule has 28 heavy (non-hydrogen) atoms. The molecule has 1 atom stereocenters. The highest BCUT2D eigenvalue weighted by atomic mass is 35.5. The van der Waals surface area contributed by atoms with Crippen LogP contribution in [-0.4, -0.2) is 30.1 Å². The van der Waals surface area contributed by atoms with E-state index in [-0.39, 0.29) is 30.7 Å². The molecule has 2 N–H and O–H groups in total. The van der Waals surface area contributed by atoms with Crippen molar-refractivity contribution in [3.63, 3.8) is 0 Å². The van der Waals surface area contributed by atoms with Crippen LogP contribution in [0, 0.1) is 0 Å². The summed E-state index contributed by atoms with van der Waals surface area (Å²) in [5, 5.41) is 6.27. The van der Waals surface area contributed by atoms with Crippen LogP contribution < -0.4 is 20.1 Å². The monoisotopic (exact) mass is 427 g/mol. The number of aromatic nitrogens is 1. The van der Waals surface area contributed by atoms with Gasteiger partial charge in [-0.05, 0) is 44.0 Å². The fraction of sp³-hybridized carbons (Fsp3) is 0.400. The molecule has 1 amide bonds.